The molecule has 0 saturated heterocycles. The summed E-state index contributed by atoms with van der Waals surface area (Å²) < 4.78 is 5.55. The molecule has 2 N–H and O–H groups in total. The Hall–Kier alpha value is -1.13. The molecular formula is C14H21NO3. The zero-order valence-electron chi connectivity index (χ0n) is 11.0. The molecule has 0 aromatic carbocycles. The van der Waals surface area contributed by atoms with E-state index in [2.05, 4.69) is 4.98 Å². The third-order valence-electron chi connectivity index (χ3n) is 3.40. The molecule has 0 aliphatic heterocycles. The largest absolute Gasteiger partial charge is 0.489 e. The number of aliphatic hydroxyl groups is 2. The Morgan fingerprint density at radius 3 is 2.56 bits per heavy atom. The number of hydrogen-bond acceptors (Lipinski definition) is 4. The van der Waals surface area contributed by atoms with Gasteiger partial charge in [0.2, 0.25) is 0 Å². The molecule has 4 heteroatoms. The van der Waals surface area contributed by atoms with E-state index in [-0.39, 0.29) is 6.10 Å². The van der Waals surface area contributed by atoms with Crippen LogP contribution >= 0.6 is 0 Å². The second kappa shape index (κ2) is 5.24. The fourth-order valence-electron chi connectivity index (χ4n) is 2.49. The summed E-state index contributed by atoms with van der Waals surface area (Å²) in [6.45, 7) is 3.88. The van der Waals surface area contributed by atoms with Gasteiger partial charge >= 0.3 is 0 Å². The van der Waals surface area contributed by atoms with Gasteiger partial charge < -0.3 is 14.9 Å². The zero-order valence-corrected chi connectivity index (χ0v) is 11.0. The topological polar surface area (TPSA) is 62.6 Å². The van der Waals surface area contributed by atoms with Gasteiger partial charge in [-0.3, -0.25) is 4.98 Å². The van der Waals surface area contributed by atoms with Gasteiger partial charge in [0.1, 0.15) is 11.9 Å². The molecule has 18 heavy (non-hydrogen) atoms. The molecule has 1 unspecified atom stereocenters. The molecule has 1 aliphatic rings. The Balaban J connectivity index is 2.17. The van der Waals surface area contributed by atoms with Gasteiger partial charge in [-0.2, -0.15) is 0 Å². The molecule has 2 rings (SSSR count). The highest BCUT2D eigenvalue weighted by atomic mass is 16.5. The van der Waals surface area contributed by atoms with Gasteiger partial charge in [0.05, 0.1) is 17.9 Å². The van der Waals surface area contributed by atoms with E-state index in [1.165, 1.54) is 0 Å². The Labute approximate surface area is 108 Å². The average Bonchev–Trinajstić information content (AvgIpc) is 2.76. The third-order valence-corrected chi connectivity index (χ3v) is 3.40. The maximum Gasteiger partial charge on any atom is 0.138 e. The van der Waals surface area contributed by atoms with E-state index in [9.17, 15) is 10.2 Å². The summed E-state index contributed by atoms with van der Waals surface area (Å²) in [6.07, 6.45) is 5.60. The Morgan fingerprint density at radius 2 is 1.94 bits per heavy atom. The number of aliphatic hydroxyl groups excluding tert-OH is 1. The Kier molecular flexibility index (Phi) is 3.88. The van der Waals surface area contributed by atoms with E-state index in [1.807, 2.05) is 13.8 Å². The van der Waals surface area contributed by atoms with Crippen molar-refractivity contribution in [3.63, 3.8) is 0 Å². The van der Waals surface area contributed by atoms with Crippen molar-refractivity contribution in [2.75, 3.05) is 0 Å². The van der Waals surface area contributed by atoms with Gasteiger partial charge in [0.15, 0.2) is 0 Å². The summed E-state index contributed by atoms with van der Waals surface area (Å²) in [5, 5.41) is 20.7. The Bertz CT molecular complexity index is 400. The molecule has 1 aromatic rings. The van der Waals surface area contributed by atoms with Crippen LogP contribution in [0.25, 0.3) is 0 Å². The van der Waals surface area contributed by atoms with Crippen LogP contribution < -0.4 is 4.74 Å². The van der Waals surface area contributed by atoms with Gasteiger partial charge in [-0.05, 0) is 32.8 Å². The maximum atomic E-state index is 10.4. The van der Waals surface area contributed by atoms with Gasteiger partial charge in [0.25, 0.3) is 0 Å². The highest BCUT2D eigenvalue weighted by Gasteiger charge is 2.39. The standard InChI is InChI=1S/C14H21NO3/c1-10(2)18-12-7-11(8-15-9-12)13(16)14(17)5-3-4-6-14/h7-10,13,16-17H,3-6H2,1-2H3. The zero-order chi connectivity index (χ0) is 13.2. The second-order valence-corrected chi connectivity index (χ2v) is 5.33. The molecule has 100 valence electrons. The molecule has 0 bridgehead atoms. The van der Waals surface area contributed by atoms with Crippen molar-refractivity contribution in [3.05, 3.63) is 24.0 Å². The van der Waals surface area contributed by atoms with Crippen LogP contribution in [0.4, 0.5) is 0 Å². The van der Waals surface area contributed by atoms with E-state index >= 15 is 0 Å². The SMILES string of the molecule is CC(C)Oc1cncc(C(O)C2(O)CCCC2)c1. The smallest absolute Gasteiger partial charge is 0.138 e. The van der Waals surface area contributed by atoms with Crippen molar-refractivity contribution in [3.8, 4) is 5.75 Å². The van der Waals surface area contributed by atoms with Crippen molar-refractivity contribution in [2.24, 2.45) is 0 Å². The lowest BCUT2D eigenvalue weighted by atomic mass is 9.90. The second-order valence-electron chi connectivity index (χ2n) is 5.33. The van der Waals surface area contributed by atoms with E-state index in [0.29, 0.717) is 24.2 Å². The summed E-state index contributed by atoms with van der Waals surface area (Å²) >= 11 is 0. The molecule has 1 saturated carbocycles. The minimum Gasteiger partial charge on any atom is -0.489 e. The molecule has 0 radical (unpaired) electrons. The van der Waals surface area contributed by atoms with E-state index < -0.39 is 11.7 Å². The van der Waals surface area contributed by atoms with Crippen molar-refractivity contribution >= 4 is 0 Å². The lowest BCUT2D eigenvalue weighted by Gasteiger charge is -2.28. The first-order chi connectivity index (χ1) is 8.51. The molecule has 1 heterocycles. The minimum atomic E-state index is -1.00. The number of rotatable bonds is 4. The molecule has 1 fully saturated rings. The van der Waals surface area contributed by atoms with E-state index in [4.69, 9.17) is 4.74 Å². The van der Waals surface area contributed by atoms with Gasteiger partial charge in [-0.15, -0.1) is 0 Å². The van der Waals surface area contributed by atoms with E-state index in [0.717, 1.165) is 12.8 Å². The predicted octanol–water partition coefficient (Wildman–Crippen LogP) is 2.21. The molecule has 0 amide bonds. The predicted molar refractivity (Wildman–Crippen MR) is 68.4 cm³/mol. The van der Waals surface area contributed by atoms with Crippen molar-refractivity contribution < 1.29 is 14.9 Å². The number of ether oxygens (including phenoxy) is 1. The van der Waals surface area contributed by atoms with Crippen molar-refractivity contribution in [1.82, 2.24) is 4.98 Å². The molecule has 1 aromatic heterocycles. The minimum absolute atomic E-state index is 0.0637. The van der Waals surface area contributed by atoms with Gasteiger partial charge in [-0.1, -0.05) is 12.8 Å². The van der Waals surface area contributed by atoms with Crippen LogP contribution in [0.5, 0.6) is 5.75 Å². The van der Waals surface area contributed by atoms with Crippen LogP contribution in [0.2, 0.25) is 0 Å². The lowest BCUT2D eigenvalue weighted by Crippen LogP contribution is -2.33. The van der Waals surface area contributed by atoms with Crippen LogP contribution in [0.3, 0.4) is 0 Å². The average molecular weight is 251 g/mol. The number of pyridine rings is 1. The van der Waals surface area contributed by atoms with Crippen molar-refractivity contribution in [1.29, 1.82) is 0 Å². The van der Waals surface area contributed by atoms with Crippen LogP contribution in [-0.4, -0.2) is 26.9 Å². The maximum absolute atomic E-state index is 10.4. The Morgan fingerprint density at radius 1 is 1.28 bits per heavy atom. The third kappa shape index (κ3) is 2.82. The first-order valence-corrected chi connectivity index (χ1v) is 6.53. The highest BCUT2D eigenvalue weighted by Crippen LogP contribution is 2.40. The van der Waals surface area contributed by atoms with Crippen LogP contribution in [-0.2, 0) is 0 Å². The van der Waals surface area contributed by atoms with Crippen LogP contribution in [0.15, 0.2) is 18.5 Å². The first kappa shape index (κ1) is 13.3. The van der Waals surface area contributed by atoms with Gasteiger partial charge in [-0.25, -0.2) is 0 Å². The summed E-state index contributed by atoms with van der Waals surface area (Å²) in [5.74, 6) is 0.628. The monoisotopic (exact) mass is 251 g/mol. The summed E-state index contributed by atoms with van der Waals surface area (Å²) in [7, 11) is 0. The molecule has 1 aliphatic carbocycles. The van der Waals surface area contributed by atoms with E-state index in [1.54, 1.807) is 18.5 Å². The lowest BCUT2D eigenvalue weighted by molar-refractivity contribution is -0.0721. The first-order valence-electron chi connectivity index (χ1n) is 6.53. The molecular weight excluding hydrogens is 230 g/mol. The quantitative estimate of drug-likeness (QED) is 0.861. The summed E-state index contributed by atoms with van der Waals surface area (Å²) in [6, 6.07) is 1.76. The van der Waals surface area contributed by atoms with Crippen molar-refractivity contribution in [2.45, 2.75) is 57.3 Å². The number of hydrogen-bond donors (Lipinski definition) is 2. The normalized spacial score (nSPS) is 20.1. The number of nitrogens with zero attached hydrogens (tertiary/aromatic N) is 1. The molecule has 1 atom stereocenters. The molecule has 0 spiro atoms. The highest BCUT2D eigenvalue weighted by molar-refractivity contribution is 5.27. The van der Waals surface area contributed by atoms with Gasteiger partial charge in [0, 0.05) is 11.8 Å². The van der Waals surface area contributed by atoms with Crippen LogP contribution in [0, 0.1) is 0 Å². The summed E-state index contributed by atoms with van der Waals surface area (Å²) in [5.41, 5.74) is -0.379. The fourth-order valence-corrected chi connectivity index (χ4v) is 2.49. The number of aromatic nitrogens is 1. The van der Waals surface area contributed by atoms with Crippen LogP contribution in [0.1, 0.15) is 51.2 Å². The fraction of sp³-hybridized carbons (Fsp3) is 0.643. The molecule has 4 nitrogen and oxygen atoms in total. The summed E-state index contributed by atoms with van der Waals surface area (Å²) in [4.78, 5) is 4.07.